The van der Waals surface area contributed by atoms with E-state index in [1.165, 1.54) is 10.9 Å². The number of nitrogens with zero attached hydrogens (tertiary/aromatic N) is 3. The first-order chi connectivity index (χ1) is 12.5. The second kappa shape index (κ2) is 7.92. The molecule has 0 aromatic carbocycles. The van der Waals surface area contributed by atoms with Crippen molar-refractivity contribution >= 4 is 25.0 Å². The first-order valence-electron chi connectivity index (χ1n) is 7.77. The Hall–Kier alpha value is -1.66. The van der Waals surface area contributed by atoms with Crippen molar-refractivity contribution in [2.45, 2.75) is 24.5 Å². The summed E-state index contributed by atoms with van der Waals surface area (Å²) in [6.45, 7) is -0.478. The number of aliphatic hydroxyl groups excluding tert-OH is 5. The SMILES string of the molecule is O=c1[nH]c(NCP(CO)CO)nc2c1ncn2[C@@H]1O[C@H](CO)[C@@H](O)[C@H]1O. The number of nitrogens with one attached hydrogen (secondary N) is 2. The normalized spacial score (nSPS) is 26.1. The third kappa shape index (κ3) is 3.45. The summed E-state index contributed by atoms with van der Waals surface area (Å²) in [6.07, 6.45) is -3.52. The summed E-state index contributed by atoms with van der Waals surface area (Å²) in [4.78, 5) is 22.9. The Morgan fingerprint density at radius 2 is 2.00 bits per heavy atom. The Morgan fingerprint density at radius 1 is 1.27 bits per heavy atom. The molecule has 1 aliphatic heterocycles. The maximum Gasteiger partial charge on any atom is 0.280 e. The Bertz CT molecular complexity index is 810. The van der Waals surface area contributed by atoms with Crippen LogP contribution in [0.4, 0.5) is 5.95 Å². The van der Waals surface area contributed by atoms with Crippen LogP contribution in [-0.4, -0.2) is 89.0 Å². The average molecular weight is 389 g/mol. The van der Waals surface area contributed by atoms with Crippen molar-refractivity contribution in [1.29, 1.82) is 0 Å². The molecule has 0 unspecified atom stereocenters. The van der Waals surface area contributed by atoms with Gasteiger partial charge in [0.25, 0.3) is 5.56 Å². The van der Waals surface area contributed by atoms with Gasteiger partial charge in [0.2, 0.25) is 5.95 Å². The maximum atomic E-state index is 12.2. The van der Waals surface area contributed by atoms with Crippen LogP contribution in [0.3, 0.4) is 0 Å². The van der Waals surface area contributed by atoms with Gasteiger partial charge in [-0.05, 0) is 7.92 Å². The lowest BCUT2D eigenvalue weighted by Crippen LogP contribution is -2.33. The van der Waals surface area contributed by atoms with Crippen molar-refractivity contribution in [1.82, 2.24) is 19.5 Å². The highest BCUT2D eigenvalue weighted by molar-refractivity contribution is 7.57. The van der Waals surface area contributed by atoms with Crippen LogP contribution in [0.25, 0.3) is 11.2 Å². The maximum absolute atomic E-state index is 12.2. The monoisotopic (exact) mass is 389 g/mol. The summed E-state index contributed by atoms with van der Waals surface area (Å²) in [5, 5.41) is 50.3. The van der Waals surface area contributed by atoms with Gasteiger partial charge in [-0.1, -0.05) is 0 Å². The van der Waals surface area contributed by atoms with Gasteiger partial charge in [0.15, 0.2) is 17.4 Å². The van der Waals surface area contributed by atoms with Gasteiger partial charge >= 0.3 is 0 Å². The van der Waals surface area contributed by atoms with Crippen LogP contribution >= 0.6 is 7.92 Å². The highest BCUT2D eigenvalue weighted by Crippen LogP contribution is 2.32. The molecule has 3 rings (SSSR count). The van der Waals surface area contributed by atoms with Crippen LogP contribution in [0.5, 0.6) is 0 Å². The molecule has 144 valence electrons. The van der Waals surface area contributed by atoms with E-state index in [0.29, 0.717) is 0 Å². The Kier molecular flexibility index (Phi) is 5.82. The van der Waals surface area contributed by atoms with Crippen molar-refractivity contribution in [3.05, 3.63) is 16.7 Å². The number of hydrogen-bond donors (Lipinski definition) is 7. The first kappa shape index (κ1) is 19.1. The van der Waals surface area contributed by atoms with E-state index in [1.54, 1.807) is 0 Å². The minimum absolute atomic E-state index is 0.0138. The lowest BCUT2D eigenvalue weighted by molar-refractivity contribution is -0.0511. The predicted molar refractivity (Wildman–Crippen MR) is 90.7 cm³/mol. The van der Waals surface area contributed by atoms with Crippen molar-refractivity contribution in [2.24, 2.45) is 0 Å². The molecular formula is C13H20N5O7P. The fourth-order valence-corrected chi connectivity index (χ4v) is 3.30. The van der Waals surface area contributed by atoms with E-state index in [-0.39, 0.29) is 36.1 Å². The lowest BCUT2D eigenvalue weighted by atomic mass is 10.1. The number of aliphatic hydroxyl groups is 5. The molecule has 0 saturated carbocycles. The van der Waals surface area contributed by atoms with Gasteiger partial charge in [-0.3, -0.25) is 14.3 Å². The molecule has 7 N–H and O–H groups in total. The van der Waals surface area contributed by atoms with Crippen molar-refractivity contribution in [3.8, 4) is 0 Å². The fourth-order valence-electron chi connectivity index (χ4n) is 2.64. The van der Waals surface area contributed by atoms with E-state index >= 15 is 0 Å². The van der Waals surface area contributed by atoms with Crippen molar-refractivity contribution in [3.63, 3.8) is 0 Å². The molecule has 26 heavy (non-hydrogen) atoms. The fraction of sp³-hybridized carbons (Fsp3) is 0.615. The quantitative estimate of drug-likeness (QED) is 0.249. The molecule has 0 radical (unpaired) electrons. The first-order valence-corrected chi connectivity index (χ1v) is 9.67. The Morgan fingerprint density at radius 3 is 2.62 bits per heavy atom. The van der Waals surface area contributed by atoms with Gasteiger partial charge in [-0.15, -0.1) is 0 Å². The molecule has 2 aromatic rings. The van der Waals surface area contributed by atoms with Gasteiger partial charge in [0.1, 0.15) is 18.3 Å². The topological polar surface area (TPSA) is 186 Å². The number of hydrogen-bond acceptors (Lipinski definition) is 10. The summed E-state index contributed by atoms with van der Waals surface area (Å²) in [5.41, 5.74) is -0.399. The molecule has 0 bridgehead atoms. The second-order valence-corrected chi connectivity index (χ2v) is 7.98. The van der Waals surface area contributed by atoms with Crippen molar-refractivity contribution in [2.75, 3.05) is 30.9 Å². The van der Waals surface area contributed by atoms with Crippen LogP contribution in [-0.2, 0) is 4.74 Å². The average Bonchev–Trinajstić information content (AvgIpc) is 3.18. The second-order valence-electron chi connectivity index (χ2n) is 5.76. The van der Waals surface area contributed by atoms with E-state index in [1.807, 2.05) is 0 Å². The van der Waals surface area contributed by atoms with Gasteiger partial charge in [0, 0.05) is 6.29 Å². The molecule has 1 saturated heterocycles. The summed E-state index contributed by atoms with van der Waals surface area (Å²) in [7, 11) is -1.07. The summed E-state index contributed by atoms with van der Waals surface area (Å²) >= 11 is 0. The molecule has 1 aliphatic rings. The largest absolute Gasteiger partial charge is 0.394 e. The number of H-pyrrole nitrogens is 1. The minimum Gasteiger partial charge on any atom is -0.394 e. The number of fused-ring (bicyclic) bond motifs is 1. The number of anilines is 1. The molecular weight excluding hydrogens is 369 g/mol. The van der Waals surface area contributed by atoms with Gasteiger partial charge < -0.3 is 35.6 Å². The van der Waals surface area contributed by atoms with E-state index in [9.17, 15) is 20.1 Å². The van der Waals surface area contributed by atoms with Crippen LogP contribution in [0.1, 0.15) is 6.23 Å². The predicted octanol–water partition coefficient (Wildman–Crippen LogP) is -2.52. The van der Waals surface area contributed by atoms with E-state index in [2.05, 4.69) is 20.3 Å². The third-order valence-corrected chi connectivity index (χ3v) is 5.50. The molecule has 0 aliphatic carbocycles. The zero-order chi connectivity index (χ0) is 18.8. The van der Waals surface area contributed by atoms with Crippen LogP contribution < -0.4 is 10.9 Å². The smallest absolute Gasteiger partial charge is 0.280 e. The van der Waals surface area contributed by atoms with E-state index in [4.69, 9.17) is 14.9 Å². The van der Waals surface area contributed by atoms with Crippen LogP contribution in [0, 0.1) is 0 Å². The lowest BCUT2D eigenvalue weighted by Gasteiger charge is -2.17. The molecule has 12 nitrogen and oxygen atoms in total. The molecule has 13 heteroatoms. The molecule has 2 aromatic heterocycles. The van der Waals surface area contributed by atoms with Gasteiger partial charge in [-0.25, -0.2) is 4.98 Å². The highest BCUT2D eigenvalue weighted by atomic mass is 31.1. The zero-order valence-electron chi connectivity index (χ0n) is 13.6. The zero-order valence-corrected chi connectivity index (χ0v) is 14.5. The summed E-state index contributed by atoms with van der Waals surface area (Å²) < 4.78 is 6.74. The Labute approximate surface area is 147 Å². The van der Waals surface area contributed by atoms with Crippen molar-refractivity contribution < 1.29 is 30.3 Å². The standard InChI is InChI=1S/C13H20N5O7P/c19-1-6-8(22)9(23)12(25-6)18-2-14-7-10(18)16-13(17-11(7)24)15-3-26(4-20)5-21/h2,6,8-9,12,19-23H,1,3-5H2,(H2,15,16,17,24)/t6-,8-,9-,12-/m1/s1. The van der Waals surface area contributed by atoms with E-state index in [0.717, 1.165) is 0 Å². The molecule has 1 fully saturated rings. The summed E-state index contributed by atoms with van der Waals surface area (Å²) in [6, 6.07) is 0. The number of rotatable bonds is 7. The molecule has 0 amide bonds. The summed E-state index contributed by atoms with van der Waals surface area (Å²) in [5.74, 6) is 0.102. The number of aromatic nitrogens is 4. The van der Waals surface area contributed by atoms with E-state index < -0.39 is 44.6 Å². The minimum atomic E-state index is -1.33. The molecule has 3 heterocycles. The third-order valence-electron chi connectivity index (χ3n) is 4.09. The van der Waals surface area contributed by atoms with Crippen LogP contribution in [0.15, 0.2) is 11.1 Å². The number of ether oxygens (including phenoxy) is 1. The molecule has 4 atom stereocenters. The Balaban J connectivity index is 1.92. The molecule has 0 spiro atoms. The van der Waals surface area contributed by atoms with Gasteiger partial charge in [-0.2, -0.15) is 4.98 Å². The van der Waals surface area contributed by atoms with Gasteiger partial charge in [0.05, 0.1) is 25.6 Å². The number of aromatic amines is 1. The highest BCUT2D eigenvalue weighted by Gasteiger charge is 2.44. The number of imidazole rings is 1. The van der Waals surface area contributed by atoms with Crippen LogP contribution in [0.2, 0.25) is 0 Å².